The zero-order chi connectivity index (χ0) is 40.3. The summed E-state index contributed by atoms with van der Waals surface area (Å²) in [4.78, 5) is 114. The second kappa shape index (κ2) is 16.1. The third kappa shape index (κ3) is 8.59. The van der Waals surface area contributed by atoms with Crippen LogP contribution in [0.15, 0.2) is 56.9 Å². The molecule has 1 aromatic heterocycles. The third-order valence-electron chi connectivity index (χ3n) is 7.98. The van der Waals surface area contributed by atoms with Gasteiger partial charge in [0.2, 0.25) is 11.3 Å². The van der Waals surface area contributed by atoms with Crippen LogP contribution in [-0.4, -0.2) is 93.1 Å². The van der Waals surface area contributed by atoms with Gasteiger partial charge in [0.25, 0.3) is 11.8 Å². The topological polar surface area (TPSA) is 271 Å². The maximum atomic E-state index is 14.0. The number of carbonyl (C=O) groups excluding carboxylic acids is 6. The Morgan fingerprint density at radius 1 is 0.945 bits per heavy atom. The van der Waals surface area contributed by atoms with Crippen LogP contribution < -0.4 is 30.3 Å². The van der Waals surface area contributed by atoms with Crippen molar-refractivity contribution in [2.75, 3.05) is 19.0 Å². The summed E-state index contributed by atoms with van der Waals surface area (Å²) in [6, 6.07) is 4.58. The van der Waals surface area contributed by atoms with Crippen LogP contribution in [0.1, 0.15) is 48.5 Å². The SMILES string of the molecule is CC(=O)OCC1=C(C(=O)O)N2C(=O)[C@H](NC(=O)C(NC(=O)c3c(C)oc4cc(OC(C)=O)c(OC(C)=O)cc4c3=O)c3ccc(OCC(=O)O)cc3)[C@@H]2SC1. The van der Waals surface area contributed by atoms with Crippen molar-refractivity contribution in [2.24, 2.45) is 0 Å². The molecule has 0 bridgehead atoms. The van der Waals surface area contributed by atoms with Gasteiger partial charge in [-0.05, 0) is 30.7 Å². The summed E-state index contributed by atoms with van der Waals surface area (Å²) in [6.45, 7) is 3.56. The van der Waals surface area contributed by atoms with Crippen LogP contribution in [0.5, 0.6) is 17.2 Å². The average molecular weight is 782 g/mol. The summed E-state index contributed by atoms with van der Waals surface area (Å²) < 4.78 is 26.0. The molecule has 3 aromatic rings. The van der Waals surface area contributed by atoms with Crippen LogP contribution in [0.2, 0.25) is 0 Å². The van der Waals surface area contributed by atoms with Crippen molar-refractivity contribution in [1.29, 1.82) is 0 Å². The molecule has 4 N–H and O–H groups in total. The lowest BCUT2D eigenvalue weighted by Gasteiger charge is -2.49. The zero-order valence-electron chi connectivity index (χ0n) is 29.3. The van der Waals surface area contributed by atoms with E-state index >= 15 is 0 Å². The summed E-state index contributed by atoms with van der Waals surface area (Å²) in [5.41, 5.74) is -1.75. The fourth-order valence-corrected chi connectivity index (χ4v) is 7.00. The molecule has 0 aliphatic carbocycles. The molecule has 55 heavy (non-hydrogen) atoms. The fraction of sp³-hybridized carbons (Fsp3) is 0.286. The molecule has 1 unspecified atom stereocenters. The number of nitrogens with one attached hydrogen (secondary N) is 2. The Kier molecular flexibility index (Phi) is 11.6. The first-order chi connectivity index (χ1) is 26.0. The van der Waals surface area contributed by atoms with Crippen molar-refractivity contribution < 1.29 is 71.9 Å². The molecule has 3 heterocycles. The number of thioether (sulfide) groups is 1. The van der Waals surface area contributed by atoms with Crippen molar-refractivity contribution >= 4 is 70.3 Å². The number of carboxylic acid groups (broad SMARTS) is 2. The molecule has 3 amide bonds. The predicted molar refractivity (Wildman–Crippen MR) is 186 cm³/mol. The number of β-lactam (4-membered cyclic amide) rings is 1. The van der Waals surface area contributed by atoms with Crippen LogP contribution >= 0.6 is 11.8 Å². The molecule has 0 spiro atoms. The minimum atomic E-state index is -1.62. The second-order valence-electron chi connectivity index (χ2n) is 11.9. The monoisotopic (exact) mass is 781 g/mol. The molecule has 2 aliphatic heterocycles. The first-order valence-corrected chi connectivity index (χ1v) is 17.1. The van der Waals surface area contributed by atoms with Gasteiger partial charge in [-0.15, -0.1) is 11.8 Å². The van der Waals surface area contributed by atoms with Crippen molar-refractivity contribution in [1.82, 2.24) is 15.5 Å². The van der Waals surface area contributed by atoms with Crippen molar-refractivity contribution in [3.63, 3.8) is 0 Å². The number of ether oxygens (including phenoxy) is 4. The van der Waals surface area contributed by atoms with Gasteiger partial charge < -0.3 is 44.2 Å². The standard InChI is InChI=1S/C35H31N3O16S/c1-14-26(30(44)21-9-23(53-16(3)40)24(54-17(4)41)10-22(21)52-14)31(45)36-27(18-5-7-20(8-6-18)51-12-25(42)43)32(46)37-28-33(47)38-29(35(48)49)19(11-50-15(2)39)13-55-34(28)38/h5-10,27-28,34H,11-13H2,1-4H3,(H,36,45)(H,37,46)(H,42,43)(H,48,49)/t27?,28-,34-/m0/s1. The zero-order valence-corrected chi connectivity index (χ0v) is 30.1. The normalized spacial score (nSPS) is 16.6. The van der Waals surface area contributed by atoms with E-state index in [1.807, 2.05) is 0 Å². The maximum Gasteiger partial charge on any atom is 0.352 e. The van der Waals surface area contributed by atoms with E-state index in [9.17, 15) is 48.3 Å². The predicted octanol–water partition coefficient (Wildman–Crippen LogP) is 1.19. The number of fused-ring (bicyclic) bond motifs is 2. The Morgan fingerprint density at radius 3 is 2.16 bits per heavy atom. The van der Waals surface area contributed by atoms with E-state index in [0.29, 0.717) is 0 Å². The Labute approximate surface area is 313 Å². The Hall–Kier alpha value is -6.70. The van der Waals surface area contributed by atoms with Gasteiger partial charge in [0.05, 0.1) is 5.39 Å². The van der Waals surface area contributed by atoms with Gasteiger partial charge in [-0.1, -0.05) is 12.1 Å². The minimum Gasteiger partial charge on any atom is -0.482 e. The molecule has 3 atom stereocenters. The van der Waals surface area contributed by atoms with Crippen molar-refractivity contribution in [3.05, 3.63) is 74.8 Å². The lowest BCUT2D eigenvalue weighted by atomic mass is 10.0. The van der Waals surface area contributed by atoms with Crippen LogP contribution in [0.4, 0.5) is 0 Å². The van der Waals surface area contributed by atoms with E-state index in [1.165, 1.54) is 31.2 Å². The number of hydrogen-bond donors (Lipinski definition) is 4. The van der Waals surface area contributed by atoms with E-state index in [4.69, 9.17) is 28.5 Å². The number of hydrogen-bond acceptors (Lipinski definition) is 15. The molecule has 0 radical (unpaired) electrons. The summed E-state index contributed by atoms with van der Waals surface area (Å²) in [5.74, 6) is -8.44. The summed E-state index contributed by atoms with van der Waals surface area (Å²) in [7, 11) is 0. The Bertz CT molecular complexity index is 2250. The molecule has 288 valence electrons. The maximum absolute atomic E-state index is 14.0. The van der Waals surface area contributed by atoms with Gasteiger partial charge in [0, 0.05) is 38.2 Å². The van der Waals surface area contributed by atoms with Crippen LogP contribution in [-0.2, 0) is 38.3 Å². The van der Waals surface area contributed by atoms with Crippen LogP contribution in [0, 0.1) is 6.92 Å². The quantitative estimate of drug-likeness (QED) is 0.108. The minimum absolute atomic E-state index is 0.0479. The molecule has 0 saturated carbocycles. The number of aliphatic carboxylic acids is 2. The lowest BCUT2D eigenvalue weighted by molar-refractivity contribution is -0.151. The number of amides is 3. The van der Waals surface area contributed by atoms with E-state index in [0.717, 1.165) is 49.6 Å². The second-order valence-corrected chi connectivity index (χ2v) is 13.0. The van der Waals surface area contributed by atoms with Gasteiger partial charge in [-0.25, -0.2) is 9.59 Å². The Balaban J connectivity index is 1.47. The molecule has 1 saturated heterocycles. The van der Waals surface area contributed by atoms with Crippen molar-refractivity contribution in [2.45, 2.75) is 45.2 Å². The largest absolute Gasteiger partial charge is 0.482 e. The first kappa shape index (κ1) is 39.5. The molecule has 5 rings (SSSR count). The van der Waals surface area contributed by atoms with Gasteiger partial charge in [-0.2, -0.15) is 0 Å². The number of rotatable bonds is 13. The van der Waals surface area contributed by atoms with Gasteiger partial charge in [-0.3, -0.25) is 38.5 Å². The fourth-order valence-electron chi connectivity index (χ4n) is 5.67. The first-order valence-electron chi connectivity index (χ1n) is 16.0. The number of carboxylic acids is 2. The summed E-state index contributed by atoms with van der Waals surface area (Å²) in [5, 5.41) is 22.7. The molecule has 19 nitrogen and oxygen atoms in total. The van der Waals surface area contributed by atoms with Crippen LogP contribution in [0.3, 0.4) is 0 Å². The van der Waals surface area contributed by atoms with Gasteiger partial charge in [0.15, 0.2) is 18.1 Å². The molecule has 20 heteroatoms. The number of carbonyl (C=O) groups is 8. The highest BCUT2D eigenvalue weighted by Crippen LogP contribution is 2.41. The highest BCUT2D eigenvalue weighted by Gasteiger charge is 2.54. The smallest absolute Gasteiger partial charge is 0.352 e. The van der Waals surface area contributed by atoms with E-state index < -0.39 is 88.3 Å². The molecule has 1 fully saturated rings. The molecule has 2 aliphatic rings. The summed E-state index contributed by atoms with van der Waals surface area (Å²) in [6.07, 6.45) is 0. The highest BCUT2D eigenvalue weighted by atomic mass is 32.2. The third-order valence-corrected chi connectivity index (χ3v) is 9.32. The van der Waals surface area contributed by atoms with Gasteiger partial charge in [0.1, 0.15) is 52.4 Å². The molecular formula is C35H31N3O16S. The van der Waals surface area contributed by atoms with Crippen molar-refractivity contribution in [3.8, 4) is 17.2 Å². The number of benzene rings is 2. The lowest BCUT2D eigenvalue weighted by Crippen LogP contribution is -2.71. The van der Waals surface area contributed by atoms with E-state index in [2.05, 4.69) is 10.6 Å². The number of nitrogens with zero attached hydrogens (tertiary/aromatic N) is 1. The van der Waals surface area contributed by atoms with Gasteiger partial charge >= 0.3 is 29.8 Å². The average Bonchev–Trinajstić information content (AvgIpc) is 3.10. The summed E-state index contributed by atoms with van der Waals surface area (Å²) >= 11 is 1.10. The molecule has 2 aromatic carbocycles. The number of aryl methyl sites for hydroxylation is 1. The molecular weight excluding hydrogens is 750 g/mol. The van der Waals surface area contributed by atoms with E-state index in [-0.39, 0.29) is 57.5 Å². The van der Waals surface area contributed by atoms with Crippen LogP contribution in [0.25, 0.3) is 11.0 Å². The Morgan fingerprint density at radius 2 is 1.58 bits per heavy atom. The van der Waals surface area contributed by atoms with E-state index in [1.54, 1.807) is 0 Å². The number of esters is 3. The highest BCUT2D eigenvalue weighted by molar-refractivity contribution is 8.00.